The molecule has 1 aromatic heterocycles. The van der Waals surface area contributed by atoms with Crippen molar-refractivity contribution < 1.29 is 72.3 Å². The first-order valence-corrected chi connectivity index (χ1v) is 25.4. The first-order valence-electron chi connectivity index (χ1n) is 26.5. The molecule has 0 aliphatic carbocycles. The van der Waals surface area contributed by atoms with E-state index in [9.17, 15) is 56.7 Å². The number of carbonyl (C=O) groups is 9. The standard InChI is InChI=1S/C51H67N9O14S/c1-5-8-18-37(52-4)46(65)57-41(28-45(63)64)47(66)56-39(25-31-15-11-10-12-16-31)49(68)60-50(69)40(27-33-29-53-36-19-14-13-17-35(33)36)58-51(70)42(61)30-54-43(20-9-6-2)59-48(67)38(55-44(62)7-3)26-32-21-23-34(24-22-32)74-75(71,72)73/h10-17,19,21-24,29,37-41,43,52-54H,5-9,18,20,25-28,30H2,1-4H3,(H,55,62)(H,56,66)(H,57,65)(H,58,70)(H,59,67)(H,63,64)(H,60,68,69)(H,71,72,73)/t37-,38-,39-,40-,41-,43-/m0/s1/i3T3,7T2. The van der Waals surface area contributed by atoms with Crippen LogP contribution in [0.5, 0.6) is 5.75 Å². The quantitative estimate of drug-likeness (QED) is 0.0187. The molecule has 0 unspecified atom stereocenters. The predicted molar refractivity (Wildman–Crippen MR) is 275 cm³/mol. The van der Waals surface area contributed by atoms with Crippen LogP contribution in [0.25, 0.3) is 10.9 Å². The summed E-state index contributed by atoms with van der Waals surface area (Å²) in [6.45, 7) is -0.536. The molecule has 11 N–H and O–H groups in total. The second kappa shape index (κ2) is 30.0. The van der Waals surface area contributed by atoms with Gasteiger partial charge in [-0.25, -0.2) is 0 Å². The van der Waals surface area contributed by atoms with Gasteiger partial charge in [-0.15, -0.1) is 0 Å². The minimum atomic E-state index is -4.91. The van der Waals surface area contributed by atoms with E-state index in [0.29, 0.717) is 47.7 Å². The van der Waals surface area contributed by atoms with Gasteiger partial charge in [0, 0.05) is 49.6 Å². The topological polar surface area (TPSA) is 349 Å². The number of carbonyl (C=O) groups excluding carboxylic acids is 8. The monoisotopic (exact) mass is 1070 g/mol. The maximum absolute atomic E-state index is 14.3. The summed E-state index contributed by atoms with van der Waals surface area (Å²) in [4.78, 5) is 125. The Balaban J connectivity index is 1.58. The molecule has 23 nitrogen and oxygen atoms in total. The van der Waals surface area contributed by atoms with Crippen LogP contribution < -0.4 is 46.7 Å². The third-order valence-corrected chi connectivity index (χ3v) is 12.0. The van der Waals surface area contributed by atoms with Gasteiger partial charge in [-0.2, -0.15) is 8.42 Å². The number of aliphatic carboxylic acids is 1. The number of para-hydroxylation sites is 1. The van der Waals surface area contributed by atoms with Crippen molar-refractivity contribution in [3.63, 3.8) is 0 Å². The fourth-order valence-electron chi connectivity index (χ4n) is 7.71. The minimum absolute atomic E-state index is 0.100. The van der Waals surface area contributed by atoms with E-state index in [-0.39, 0.29) is 30.6 Å². The number of imide groups is 1. The molecule has 0 saturated heterocycles. The van der Waals surface area contributed by atoms with Crippen LogP contribution in [0.1, 0.15) is 95.6 Å². The van der Waals surface area contributed by atoms with E-state index in [2.05, 4.69) is 51.7 Å². The van der Waals surface area contributed by atoms with E-state index in [1.165, 1.54) is 19.2 Å². The third kappa shape index (κ3) is 20.4. The van der Waals surface area contributed by atoms with Crippen LogP contribution in [0.3, 0.4) is 0 Å². The number of ketones is 1. The molecule has 7 amide bonds. The molecule has 0 aliphatic heterocycles. The number of H-pyrrole nitrogens is 1. The number of carboxylic acids is 1. The number of aromatic amines is 1. The molecule has 6 atom stereocenters. The van der Waals surface area contributed by atoms with Crippen LogP contribution >= 0.6 is 0 Å². The lowest BCUT2D eigenvalue weighted by Gasteiger charge is -2.25. The molecular weight excluding hydrogens is 995 g/mol. The highest BCUT2D eigenvalue weighted by atomic mass is 32.3. The van der Waals surface area contributed by atoms with Gasteiger partial charge in [-0.05, 0) is 54.8 Å². The highest BCUT2D eigenvalue weighted by molar-refractivity contribution is 7.81. The zero-order valence-corrected chi connectivity index (χ0v) is 42.3. The molecule has 1 heterocycles. The average molecular weight is 1070 g/mol. The average Bonchev–Trinajstić information content (AvgIpc) is 3.80. The maximum atomic E-state index is 14.3. The summed E-state index contributed by atoms with van der Waals surface area (Å²) in [6.07, 6.45) is -2.08. The third-order valence-electron chi connectivity index (χ3n) is 11.6. The van der Waals surface area contributed by atoms with E-state index >= 15 is 0 Å². The van der Waals surface area contributed by atoms with Crippen LogP contribution in [-0.2, 0) is 72.8 Å². The molecular formula is C51H67N9O14S. The number of carboxylic acid groups (broad SMARTS) is 1. The van der Waals surface area contributed by atoms with Crippen molar-refractivity contribution in [2.75, 3.05) is 13.6 Å². The summed E-state index contributed by atoms with van der Waals surface area (Å²) < 4.78 is 74.3. The van der Waals surface area contributed by atoms with Crippen LogP contribution in [0.4, 0.5) is 0 Å². The van der Waals surface area contributed by atoms with E-state index in [1.54, 1.807) is 67.7 Å². The lowest BCUT2D eigenvalue weighted by Crippen LogP contribution is -2.59. The molecule has 0 saturated carbocycles. The number of unbranched alkanes of at least 4 members (excludes halogenated alkanes) is 2. The zero-order valence-electron chi connectivity index (χ0n) is 46.5. The number of aromatic nitrogens is 1. The number of amides is 7. The van der Waals surface area contributed by atoms with Crippen molar-refractivity contribution >= 4 is 74.4 Å². The van der Waals surface area contributed by atoms with Gasteiger partial charge in [0.05, 0.1) is 25.2 Å². The van der Waals surface area contributed by atoms with Gasteiger partial charge in [0.2, 0.25) is 41.2 Å². The van der Waals surface area contributed by atoms with Crippen molar-refractivity contribution in [1.29, 1.82) is 0 Å². The largest absolute Gasteiger partial charge is 0.481 e. The van der Waals surface area contributed by atoms with Gasteiger partial charge in [0.25, 0.3) is 5.91 Å². The van der Waals surface area contributed by atoms with Gasteiger partial charge < -0.3 is 46.2 Å². The van der Waals surface area contributed by atoms with Crippen LogP contribution in [-0.4, -0.2) is 126 Å². The van der Waals surface area contributed by atoms with E-state index in [0.717, 1.165) is 18.6 Å². The first-order chi connectivity index (χ1) is 37.7. The number of hydrogen-bond acceptors (Lipinski definition) is 14. The van der Waals surface area contributed by atoms with E-state index < -0.39 is 132 Å². The van der Waals surface area contributed by atoms with Crippen molar-refractivity contribution in [2.24, 2.45) is 0 Å². The second-order valence-electron chi connectivity index (χ2n) is 17.4. The number of nitrogens with one attached hydrogen (secondary N) is 9. The Bertz CT molecular complexity index is 2930. The van der Waals surface area contributed by atoms with Crippen LogP contribution in [0.2, 0.25) is 0 Å². The van der Waals surface area contributed by atoms with E-state index in [4.69, 9.17) is 11.4 Å². The fourth-order valence-corrected chi connectivity index (χ4v) is 8.06. The van der Waals surface area contributed by atoms with Gasteiger partial charge >= 0.3 is 16.4 Å². The molecule has 4 rings (SSSR count). The van der Waals surface area contributed by atoms with Gasteiger partial charge in [0.1, 0.15) is 29.9 Å². The number of hydrogen-bond donors (Lipinski definition) is 11. The first kappa shape index (κ1) is 52.3. The maximum Gasteiger partial charge on any atom is 0.446 e. The summed E-state index contributed by atoms with van der Waals surface area (Å²) in [5, 5.41) is 30.1. The minimum Gasteiger partial charge on any atom is -0.481 e. The van der Waals surface area contributed by atoms with Crippen molar-refractivity contribution in [2.45, 2.75) is 128 Å². The number of rotatable bonds is 32. The van der Waals surface area contributed by atoms with Crippen molar-refractivity contribution in [1.82, 2.24) is 47.5 Å². The highest BCUT2D eigenvalue weighted by Crippen LogP contribution is 2.20. The Labute approximate surface area is 441 Å². The number of Topliss-reactive ketones (excluding diaryl/α,β-unsaturated/α-hetero) is 1. The lowest BCUT2D eigenvalue weighted by molar-refractivity contribution is -0.141. The van der Waals surface area contributed by atoms with Crippen molar-refractivity contribution in [3.8, 4) is 5.75 Å². The van der Waals surface area contributed by atoms with Gasteiger partial charge in [-0.3, -0.25) is 58.3 Å². The number of likely N-dealkylation sites (N-methyl/N-ethyl adjacent to an activating group) is 1. The highest BCUT2D eigenvalue weighted by Gasteiger charge is 2.34. The molecule has 4 aromatic rings. The molecule has 0 spiro atoms. The molecule has 406 valence electrons. The normalized spacial score (nSPS) is 15.0. The Kier molecular flexibility index (Phi) is 20.9. The Morgan fingerprint density at radius 3 is 1.88 bits per heavy atom. The smallest absolute Gasteiger partial charge is 0.446 e. The Morgan fingerprint density at radius 2 is 1.25 bits per heavy atom. The van der Waals surface area contributed by atoms with Crippen molar-refractivity contribution in [3.05, 3.63) is 102 Å². The summed E-state index contributed by atoms with van der Waals surface area (Å²) in [5.41, 5.74) is 1.83. The lowest BCUT2D eigenvalue weighted by atomic mass is 10.0. The molecule has 0 aliphatic rings. The van der Waals surface area contributed by atoms with Crippen LogP contribution in [0, 0.1) is 0 Å². The molecule has 24 heteroatoms. The van der Waals surface area contributed by atoms with Gasteiger partial charge in [-0.1, -0.05) is 107 Å². The molecule has 75 heavy (non-hydrogen) atoms. The Morgan fingerprint density at radius 1 is 0.680 bits per heavy atom. The molecule has 0 fully saturated rings. The number of benzene rings is 3. The summed E-state index contributed by atoms with van der Waals surface area (Å²) in [5.74, 6) is -10.9. The summed E-state index contributed by atoms with van der Waals surface area (Å²) in [7, 11) is -3.38. The Hall–Kier alpha value is -7.54. The number of fused-ring (bicyclic) bond motifs is 1. The van der Waals surface area contributed by atoms with Gasteiger partial charge in [0.15, 0.2) is 0 Å². The molecule has 3 aromatic carbocycles. The molecule has 0 bridgehead atoms. The fraction of sp³-hybridized carbons (Fsp3) is 0.431. The summed E-state index contributed by atoms with van der Waals surface area (Å²) in [6, 6.07) is 12.5. The second-order valence-corrected chi connectivity index (χ2v) is 18.4. The molecule has 0 radical (unpaired) electrons. The predicted octanol–water partition coefficient (Wildman–Crippen LogP) is 1.41. The van der Waals surface area contributed by atoms with Crippen LogP contribution in [0.15, 0.2) is 85.1 Å². The zero-order chi connectivity index (χ0) is 59.4. The SMILES string of the molecule is [3H]C([3H])([3H])C([3H])([3H])C(=O)N[C@@H](Cc1ccc(OS(=O)(=O)O)cc1)C(=O)N[C@@H](CCCC)NCC(=O)C(=O)N[C@@H](Cc1c[nH]c2ccccc12)C(=O)NC(=O)[C@H](Cc1ccccc1)NC(=O)[C@H](CC(=O)O)NC(=O)[C@H](CCCC)NC. The van der Waals surface area contributed by atoms with E-state index in [1.807, 2.05) is 6.92 Å². The summed E-state index contributed by atoms with van der Waals surface area (Å²) >= 11 is 0.